The third-order valence-corrected chi connectivity index (χ3v) is 5.47. The number of nitrogens with zero attached hydrogens (tertiary/aromatic N) is 2. The Kier molecular flexibility index (Phi) is 7.26. The zero-order chi connectivity index (χ0) is 23.3. The van der Waals surface area contributed by atoms with Crippen LogP contribution in [0.4, 0.5) is 10.5 Å². The number of hydrogen-bond donors (Lipinski definition) is 0. The molecular weight excluding hydrogens is 436 g/mol. The zero-order valence-corrected chi connectivity index (χ0v) is 18.2. The van der Waals surface area contributed by atoms with E-state index in [1.54, 1.807) is 43.3 Å². The smallest absolute Gasteiger partial charge is 0.329 e. The first-order chi connectivity index (χ1) is 15.3. The van der Waals surface area contributed by atoms with Crippen molar-refractivity contribution in [2.75, 3.05) is 6.61 Å². The number of hydrogen-bond acceptors (Lipinski definition) is 8. The van der Waals surface area contributed by atoms with Crippen LogP contribution in [0.2, 0.25) is 0 Å². The monoisotopic (exact) mass is 456 g/mol. The van der Waals surface area contributed by atoms with Gasteiger partial charge in [-0.15, -0.1) is 0 Å². The molecule has 10 heteroatoms. The van der Waals surface area contributed by atoms with E-state index >= 15 is 0 Å². The summed E-state index contributed by atoms with van der Waals surface area (Å²) in [6, 6.07) is 11.9. The lowest BCUT2D eigenvalue weighted by molar-refractivity contribution is -0.384. The van der Waals surface area contributed by atoms with E-state index in [4.69, 9.17) is 9.47 Å². The fourth-order valence-corrected chi connectivity index (χ4v) is 3.83. The van der Waals surface area contributed by atoms with Crippen LogP contribution >= 0.6 is 11.8 Å². The molecule has 32 heavy (non-hydrogen) atoms. The Morgan fingerprint density at radius 3 is 2.53 bits per heavy atom. The standard InChI is InChI=1S/C22H20N2O7S/c1-3-30-21(26)14(2)23-20(25)19(32-22(23)27)12-16-6-4-5-7-18(16)31-13-15-8-10-17(11-9-15)24(28)29/h4-12,14H,3,13H2,1-2H3/b19-12+/t14-/m0/s1. The SMILES string of the molecule is CCOC(=O)[C@H](C)N1C(=O)S/C(=C/c2ccccc2OCc2ccc([N+](=O)[O-])cc2)C1=O. The summed E-state index contributed by atoms with van der Waals surface area (Å²) in [4.78, 5) is 48.4. The van der Waals surface area contributed by atoms with E-state index in [0.717, 1.165) is 22.2 Å². The van der Waals surface area contributed by atoms with Crippen molar-refractivity contribution >= 4 is 40.6 Å². The number of imide groups is 1. The summed E-state index contributed by atoms with van der Waals surface area (Å²) >= 11 is 0.739. The molecule has 1 aliphatic rings. The fraction of sp³-hybridized carbons (Fsp3) is 0.227. The molecule has 166 valence electrons. The number of nitro groups is 1. The highest BCUT2D eigenvalue weighted by Gasteiger charge is 2.41. The zero-order valence-electron chi connectivity index (χ0n) is 17.3. The summed E-state index contributed by atoms with van der Waals surface area (Å²) < 4.78 is 10.7. The second-order valence-electron chi connectivity index (χ2n) is 6.73. The van der Waals surface area contributed by atoms with Crippen molar-refractivity contribution in [3.63, 3.8) is 0 Å². The van der Waals surface area contributed by atoms with Crippen molar-refractivity contribution in [1.29, 1.82) is 0 Å². The molecule has 0 saturated carbocycles. The molecule has 3 rings (SSSR count). The summed E-state index contributed by atoms with van der Waals surface area (Å²) in [6.45, 7) is 3.39. The number of ether oxygens (including phenoxy) is 2. The van der Waals surface area contributed by atoms with Crippen molar-refractivity contribution in [3.05, 3.63) is 74.7 Å². The van der Waals surface area contributed by atoms with E-state index in [-0.39, 0.29) is 23.8 Å². The highest BCUT2D eigenvalue weighted by atomic mass is 32.2. The summed E-state index contributed by atoms with van der Waals surface area (Å²) in [5, 5.41) is 10.2. The molecule has 0 spiro atoms. The van der Waals surface area contributed by atoms with Crippen LogP contribution in [-0.4, -0.2) is 39.6 Å². The van der Waals surface area contributed by atoms with Crippen molar-refractivity contribution in [2.24, 2.45) is 0 Å². The first-order valence-electron chi connectivity index (χ1n) is 9.70. The minimum atomic E-state index is -1.03. The maximum atomic E-state index is 12.8. The minimum Gasteiger partial charge on any atom is -0.488 e. The normalized spacial score (nSPS) is 15.7. The minimum absolute atomic E-state index is 0.0121. The van der Waals surface area contributed by atoms with Crippen LogP contribution in [0, 0.1) is 10.1 Å². The number of non-ortho nitro benzene ring substituents is 1. The van der Waals surface area contributed by atoms with E-state index in [0.29, 0.717) is 11.3 Å². The number of thioether (sulfide) groups is 1. The molecule has 0 aliphatic carbocycles. The van der Waals surface area contributed by atoms with Gasteiger partial charge in [-0.3, -0.25) is 24.6 Å². The number of amides is 2. The third-order valence-electron chi connectivity index (χ3n) is 4.59. The highest BCUT2D eigenvalue weighted by molar-refractivity contribution is 8.18. The molecule has 2 aromatic carbocycles. The van der Waals surface area contributed by atoms with Crippen molar-refractivity contribution in [1.82, 2.24) is 4.90 Å². The molecule has 1 heterocycles. The van der Waals surface area contributed by atoms with Gasteiger partial charge in [-0.2, -0.15) is 0 Å². The van der Waals surface area contributed by atoms with Crippen molar-refractivity contribution in [2.45, 2.75) is 26.5 Å². The molecule has 0 radical (unpaired) electrons. The number of para-hydroxylation sites is 1. The van der Waals surface area contributed by atoms with Gasteiger partial charge in [0, 0.05) is 17.7 Å². The van der Waals surface area contributed by atoms with Crippen LogP contribution in [0.5, 0.6) is 5.75 Å². The molecule has 9 nitrogen and oxygen atoms in total. The highest BCUT2D eigenvalue weighted by Crippen LogP contribution is 2.35. The van der Waals surface area contributed by atoms with Gasteiger partial charge in [0.15, 0.2) is 0 Å². The molecular formula is C22H20N2O7S. The molecule has 0 N–H and O–H groups in total. The molecule has 1 aliphatic heterocycles. The number of carbonyl (C=O) groups excluding carboxylic acids is 3. The maximum Gasteiger partial charge on any atom is 0.329 e. The van der Waals surface area contributed by atoms with E-state index in [1.807, 2.05) is 0 Å². The lowest BCUT2D eigenvalue weighted by Crippen LogP contribution is -2.42. The number of nitro benzene ring substituents is 1. The average molecular weight is 456 g/mol. The van der Waals surface area contributed by atoms with Gasteiger partial charge < -0.3 is 9.47 Å². The van der Waals surface area contributed by atoms with Crippen molar-refractivity contribution < 1.29 is 28.8 Å². The summed E-state index contributed by atoms with van der Waals surface area (Å²) in [6.07, 6.45) is 1.54. The average Bonchev–Trinajstić information content (AvgIpc) is 3.05. The lowest BCUT2D eigenvalue weighted by atomic mass is 10.1. The summed E-state index contributed by atoms with van der Waals surface area (Å²) in [7, 11) is 0. The molecule has 1 atom stereocenters. The van der Waals surface area contributed by atoms with Gasteiger partial charge >= 0.3 is 5.97 Å². The Labute approximate surface area is 188 Å². The van der Waals surface area contributed by atoms with Crippen LogP contribution in [0.25, 0.3) is 6.08 Å². The first kappa shape index (κ1) is 23.0. The Morgan fingerprint density at radius 1 is 1.19 bits per heavy atom. The van der Waals surface area contributed by atoms with Gasteiger partial charge in [0.2, 0.25) is 0 Å². The van der Waals surface area contributed by atoms with Gasteiger partial charge in [0.1, 0.15) is 18.4 Å². The second kappa shape index (κ2) is 10.1. The van der Waals surface area contributed by atoms with Crippen molar-refractivity contribution in [3.8, 4) is 5.75 Å². The first-order valence-corrected chi connectivity index (χ1v) is 10.5. The van der Waals surface area contributed by atoms with E-state index < -0.39 is 28.1 Å². The number of benzene rings is 2. The summed E-state index contributed by atoms with van der Waals surface area (Å²) in [5.41, 5.74) is 1.29. The van der Waals surface area contributed by atoms with Gasteiger partial charge in [-0.25, -0.2) is 4.79 Å². The molecule has 1 fully saturated rings. The quantitative estimate of drug-likeness (QED) is 0.252. The Bertz CT molecular complexity index is 1080. The Hall–Kier alpha value is -3.66. The largest absolute Gasteiger partial charge is 0.488 e. The Balaban J connectivity index is 1.76. The topological polar surface area (TPSA) is 116 Å². The molecule has 0 unspecified atom stereocenters. The van der Waals surface area contributed by atoms with Crippen LogP contribution in [0.1, 0.15) is 25.0 Å². The predicted molar refractivity (Wildman–Crippen MR) is 118 cm³/mol. The second-order valence-corrected chi connectivity index (χ2v) is 7.72. The van der Waals surface area contributed by atoms with Crippen LogP contribution in [-0.2, 0) is 20.9 Å². The van der Waals surface area contributed by atoms with E-state index in [1.165, 1.54) is 25.1 Å². The molecule has 1 saturated heterocycles. The molecule has 2 amide bonds. The summed E-state index contributed by atoms with van der Waals surface area (Å²) in [5.74, 6) is -0.760. The fourth-order valence-electron chi connectivity index (χ4n) is 2.93. The van der Waals surface area contributed by atoms with Gasteiger partial charge in [-0.05, 0) is 55.4 Å². The third kappa shape index (κ3) is 5.14. The van der Waals surface area contributed by atoms with E-state index in [2.05, 4.69) is 0 Å². The predicted octanol–water partition coefficient (Wildman–Crippen LogP) is 4.16. The maximum absolute atomic E-state index is 12.8. The van der Waals surface area contributed by atoms with Gasteiger partial charge in [-0.1, -0.05) is 18.2 Å². The lowest BCUT2D eigenvalue weighted by Gasteiger charge is -2.19. The van der Waals surface area contributed by atoms with Crippen LogP contribution in [0.3, 0.4) is 0 Å². The van der Waals surface area contributed by atoms with E-state index in [9.17, 15) is 24.5 Å². The number of carbonyl (C=O) groups is 3. The van der Waals surface area contributed by atoms with Crippen LogP contribution < -0.4 is 4.74 Å². The van der Waals surface area contributed by atoms with Crippen LogP contribution in [0.15, 0.2) is 53.4 Å². The molecule has 2 aromatic rings. The number of esters is 1. The van der Waals surface area contributed by atoms with Gasteiger partial charge in [0.05, 0.1) is 16.4 Å². The Morgan fingerprint density at radius 2 is 1.88 bits per heavy atom. The molecule has 0 aromatic heterocycles. The number of rotatable bonds is 8. The molecule has 0 bridgehead atoms. The van der Waals surface area contributed by atoms with Gasteiger partial charge in [0.25, 0.3) is 16.8 Å².